The van der Waals surface area contributed by atoms with E-state index in [0.717, 1.165) is 31.0 Å². The molecule has 3 rings (SSSR count). The van der Waals surface area contributed by atoms with Crippen LogP contribution >= 0.6 is 11.6 Å². The van der Waals surface area contributed by atoms with Crippen LogP contribution in [-0.2, 0) is 11.2 Å². The molecule has 1 heterocycles. The zero-order chi connectivity index (χ0) is 21.5. The monoisotopic (exact) mass is 435 g/mol. The van der Waals surface area contributed by atoms with Gasteiger partial charge in [0.15, 0.2) is 0 Å². The molecule has 2 aromatic rings. The summed E-state index contributed by atoms with van der Waals surface area (Å²) in [4.78, 5) is 11.3. The van der Waals surface area contributed by atoms with E-state index in [-0.39, 0.29) is 18.3 Å². The molecule has 1 aliphatic heterocycles. The molecule has 8 heteroatoms. The lowest BCUT2D eigenvalue weighted by Gasteiger charge is -2.21. The number of aliphatic hydroxyl groups excluding tert-OH is 1. The van der Waals surface area contributed by atoms with E-state index in [9.17, 15) is 14.3 Å². The van der Waals surface area contributed by atoms with Gasteiger partial charge in [0.1, 0.15) is 24.3 Å². The van der Waals surface area contributed by atoms with E-state index in [1.807, 2.05) is 12.1 Å². The van der Waals surface area contributed by atoms with Gasteiger partial charge in [0.2, 0.25) is 5.91 Å². The number of nitrogens with one attached hydrogen (secondary N) is 2. The molecule has 3 N–H and O–H groups in total. The Bertz CT molecular complexity index is 850. The van der Waals surface area contributed by atoms with E-state index in [0.29, 0.717) is 18.2 Å². The second-order valence-corrected chi connectivity index (χ2v) is 8.02. The predicted molar refractivity (Wildman–Crippen MR) is 115 cm³/mol. The molecule has 0 bridgehead atoms. The fraction of sp³-hybridized carbons (Fsp3) is 0.409. The lowest BCUT2D eigenvalue weighted by molar-refractivity contribution is -0.114. The summed E-state index contributed by atoms with van der Waals surface area (Å²) < 4.78 is 19.0. The SMILES string of the molecule is CC(=O)Nc1ccc(F)cc1OC[C@@H](O)CNN1CC[C@@H](Cc2ccc(Cl)cc2)C1. The molecule has 1 fully saturated rings. The molecule has 30 heavy (non-hydrogen) atoms. The second-order valence-electron chi connectivity index (χ2n) is 7.58. The Kier molecular flexibility index (Phi) is 8.04. The van der Waals surface area contributed by atoms with Gasteiger partial charge >= 0.3 is 0 Å². The quantitative estimate of drug-likeness (QED) is 0.564. The number of hydrogen-bond acceptors (Lipinski definition) is 5. The van der Waals surface area contributed by atoms with Crippen molar-refractivity contribution in [1.82, 2.24) is 10.4 Å². The first-order valence-electron chi connectivity index (χ1n) is 10.00. The molecular weight excluding hydrogens is 409 g/mol. The zero-order valence-electron chi connectivity index (χ0n) is 16.9. The van der Waals surface area contributed by atoms with Crippen LogP contribution in [-0.4, -0.2) is 48.4 Å². The predicted octanol–water partition coefficient (Wildman–Crippen LogP) is 3.25. The van der Waals surface area contributed by atoms with Crippen LogP contribution in [0.15, 0.2) is 42.5 Å². The summed E-state index contributed by atoms with van der Waals surface area (Å²) in [5.74, 6) is -0.0283. The van der Waals surface area contributed by atoms with E-state index in [4.69, 9.17) is 16.3 Å². The topological polar surface area (TPSA) is 73.8 Å². The molecule has 2 aromatic carbocycles. The van der Waals surface area contributed by atoms with Gasteiger partial charge in [-0.3, -0.25) is 10.2 Å². The van der Waals surface area contributed by atoms with Crippen LogP contribution in [0.1, 0.15) is 18.9 Å². The zero-order valence-corrected chi connectivity index (χ0v) is 17.7. The molecule has 0 aliphatic carbocycles. The highest BCUT2D eigenvalue weighted by atomic mass is 35.5. The molecule has 6 nitrogen and oxygen atoms in total. The minimum atomic E-state index is -0.784. The number of hydrazine groups is 1. The maximum atomic E-state index is 13.5. The normalized spacial score (nSPS) is 17.7. The van der Waals surface area contributed by atoms with Crippen molar-refractivity contribution in [3.05, 3.63) is 58.9 Å². The summed E-state index contributed by atoms with van der Waals surface area (Å²) in [6, 6.07) is 11.8. The van der Waals surface area contributed by atoms with Crippen LogP contribution < -0.4 is 15.5 Å². The first-order chi connectivity index (χ1) is 14.4. The fourth-order valence-electron chi connectivity index (χ4n) is 3.48. The van der Waals surface area contributed by atoms with Crippen LogP contribution in [0.25, 0.3) is 0 Å². The average Bonchev–Trinajstić information content (AvgIpc) is 3.15. The third kappa shape index (κ3) is 6.95. The van der Waals surface area contributed by atoms with E-state index >= 15 is 0 Å². The summed E-state index contributed by atoms with van der Waals surface area (Å²) in [7, 11) is 0. The van der Waals surface area contributed by atoms with Crippen molar-refractivity contribution < 1.29 is 19.0 Å². The van der Waals surface area contributed by atoms with Gasteiger partial charge in [0.25, 0.3) is 0 Å². The van der Waals surface area contributed by atoms with Crippen molar-refractivity contribution in [2.24, 2.45) is 5.92 Å². The van der Waals surface area contributed by atoms with Gasteiger partial charge in [0.05, 0.1) is 5.69 Å². The van der Waals surface area contributed by atoms with Gasteiger partial charge in [-0.1, -0.05) is 23.7 Å². The molecule has 0 saturated carbocycles. The van der Waals surface area contributed by atoms with Crippen molar-refractivity contribution in [3.63, 3.8) is 0 Å². The largest absolute Gasteiger partial charge is 0.489 e. The number of ether oxygens (including phenoxy) is 1. The van der Waals surface area contributed by atoms with Crippen LogP contribution in [0.5, 0.6) is 5.75 Å². The van der Waals surface area contributed by atoms with Crippen molar-refractivity contribution >= 4 is 23.2 Å². The number of carbonyl (C=O) groups is 1. The highest BCUT2D eigenvalue weighted by Gasteiger charge is 2.23. The van der Waals surface area contributed by atoms with Gasteiger partial charge in [0, 0.05) is 37.6 Å². The summed E-state index contributed by atoms with van der Waals surface area (Å²) in [6.07, 6.45) is 1.28. The average molecular weight is 436 g/mol. The maximum absolute atomic E-state index is 13.5. The number of hydrogen-bond donors (Lipinski definition) is 3. The molecule has 1 saturated heterocycles. The fourth-order valence-corrected chi connectivity index (χ4v) is 3.61. The molecular formula is C22H27ClFN3O3. The van der Waals surface area contributed by atoms with Crippen LogP contribution in [0, 0.1) is 11.7 Å². The Morgan fingerprint density at radius 1 is 1.33 bits per heavy atom. The maximum Gasteiger partial charge on any atom is 0.221 e. The minimum Gasteiger partial charge on any atom is -0.489 e. The number of halogens is 2. The Hall–Kier alpha value is -2.19. The minimum absolute atomic E-state index is 0.0227. The van der Waals surface area contributed by atoms with Gasteiger partial charge in [-0.05, 0) is 48.6 Å². The van der Waals surface area contributed by atoms with Crippen molar-refractivity contribution in [3.8, 4) is 5.75 Å². The van der Waals surface area contributed by atoms with E-state index in [1.165, 1.54) is 30.7 Å². The van der Waals surface area contributed by atoms with E-state index in [1.54, 1.807) is 0 Å². The Labute approximate surface area is 180 Å². The molecule has 2 atom stereocenters. The van der Waals surface area contributed by atoms with Crippen molar-refractivity contribution in [2.45, 2.75) is 25.9 Å². The number of carbonyl (C=O) groups excluding carboxylic acids is 1. The van der Waals surface area contributed by atoms with Crippen LogP contribution in [0.2, 0.25) is 5.02 Å². The second kappa shape index (κ2) is 10.7. The molecule has 0 spiro atoms. The third-order valence-corrected chi connectivity index (χ3v) is 5.21. The highest BCUT2D eigenvalue weighted by molar-refractivity contribution is 6.30. The van der Waals surface area contributed by atoms with Crippen molar-refractivity contribution in [2.75, 3.05) is 31.6 Å². The molecule has 1 aliphatic rings. The van der Waals surface area contributed by atoms with Gasteiger partial charge < -0.3 is 15.2 Å². The summed E-state index contributed by atoms with van der Waals surface area (Å²) in [6.45, 7) is 3.46. The van der Waals surface area contributed by atoms with E-state index < -0.39 is 11.9 Å². The molecule has 0 radical (unpaired) electrons. The Morgan fingerprint density at radius 3 is 2.83 bits per heavy atom. The highest BCUT2D eigenvalue weighted by Crippen LogP contribution is 2.25. The molecule has 0 unspecified atom stereocenters. The smallest absolute Gasteiger partial charge is 0.221 e. The van der Waals surface area contributed by atoms with Crippen molar-refractivity contribution in [1.29, 1.82) is 0 Å². The molecule has 162 valence electrons. The first kappa shape index (κ1) is 22.5. The molecule has 0 aromatic heterocycles. The Balaban J connectivity index is 1.41. The molecule has 1 amide bonds. The lowest BCUT2D eigenvalue weighted by Crippen LogP contribution is -2.42. The van der Waals surface area contributed by atoms with Gasteiger partial charge in [-0.25, -0.2) is 9.40 Å². The number of nitrogens with zero attached hydrogens (tertiary/aromatic N) is 1. The van der Waals surface area contributed by atoms with Gasteiger partial charge in [-0.15, -0.1) is 0 Å². The number of benzene rings is 2. The number of anilines is 1. The lowest BCUT2D eigenvalue weighted by atomic mass is 9.99. The summed E-state index contributed by atoms with van der Waals surface area (Å²) in [5.41, 5.74) is 4.88. The third-order valence-electron chi connectivity index (χ3n) is 4.96. The summed E-state index contributed by atoms with van der Waals surface area (Å²) >= 11 is 5.94. The number of amides is 1. The summed E-state index contributed by atoms with van der Waals surface area (Å²) in [5, 5.41) is 15.7. The Morgan fingerprint density at radius 2 is 2.10 bits per heavy atom. The number of aliphatic hydroxyl groups is 1. The van der Waals surface area contributed by atoms with Crippen LogP contribution in [0.3, 0.4) is 0 Å². The first-order valence-corrected chi connectivity index (χ1v) is 10.4. The van der Waals surface area contributed by atoms with Gasteiger partial charge in [-0.2, -0.15) is 0 Å². The standard InChI is InChI=1S/C22H27ClFN3O3/c1-15(28)26-21-7-6-19(24)11-22(21)30-14-20(29)12-25-27-9-8-17(13-27)10-16-2-4-18(23)5-3-16/h2-7,11,17,20,25,29H,8-10,12-14H2,1H3,(H,26,28)/t17-,20-/m0/s1. The van der Waals surface area contributed by atoms with E-state index in [2.05, 4.69) is 27.9 Å². The van der Waals surface area contributed by atoms with Crippen LogP contribution in [0.4, 0.5) is 10.1 Å². The number of rotatable bonds is 9.